The van der Waals surface area contributed by atoms with Gasteiger partial charge in [0, 0.05) is 19.2 Å². The van der Waals surface area contributed by atoms with Crippen LogP contribution in [0.4, 0.5) is 0 Å². The van der Waals surface area contributed by atoms with Gasteiger partial charge < -0.3 is 19.4 Å². The van der Waals surface area contributed by atoms with Gasteiger partial charge in [0.2, 0.25) is 5.91 Å². The fourth-order valence-corrected chi connectivity index (χ4v) is 3.66. The van der Waals surface area contributed by atoms with Crippen molar-refractivity contribution in [2.24, 2.45) is 0 Å². The number of ether oxygens (including phenoxy) is 2. The quantitative estimate of drug-likeness (QED) is 0.378. The lowest BCUT2D eigenvalue weighted by Gasteiger charge is -2.09. The van der Waals surface area contributed by atoms with Crippen molar-refractivity contribution in [1.82, 2.24) is 14.9 Å². The van der Waals surface area contributed by atoms with E-state index in [2.05, 4.69) is 33.1 Å². The zero-order chi connectivity index (χ0) is 23.0. The molecule has 0 radical (unpaired) electrons. The third kappa shape index (κ3) is 5.60. The standard InChI is InChI=1S/C27H27N3O3/c1-3-33-26-16-20(11-13-25(26)32-2)12-14-27(31)28-17-21-7-6-8-22(15-21)18-30-19-29-23-9-4-5-10-24(23)30/h4-16,19H,3,17-18H2,1-2H3,(H,28,31)/b14-12+. The molecule has 0 saturated heterocycles. The fourth-order valence-electron chi connectivity index (χ4n) is 3.66. The Morgan fingerprint density at radius 3 is 2.73 bits per heavy atom. The van der Waals surface area contributed by atoms with Crippen LogP contribution >= 0.6 is 0 Å². The molecule has 0 saturated carbocycles. The van der Waals surface area contributed by atoms with E-state index in [0.29, 0.717) is 24.7 Å². The summed E-state index contributed by atoms with van der Waals surface area (Å²) in [4.78, 5) is 16.8. The first-order chi connectivity index (χ1) is 16.2. The summed E-state index contributed by atoms with van der Waals surface area (Å²) in [6.45, 7) is 3.64. The summed E-state index contributed by atoms with van der Waals surface area (Å²) in [5.74, 6) is 1.17. The van der Waals surface area contributed by atoms with E-state index >= 15 is 0 Å². The van der Waals surface area contributed by atoms with Gasteiger partial charge in [0.15, 0.2) is 11.5 Å². The lowest BCUT2D eigenvalue weighted by atomic mass is 10.1. The van der Waals surface area contributed by atoms with Crippen LogP contribution in [-0.2, 0) is 17.9 Å². The number of benzene rings is 3. The highest BCUT2D eigenvalue weighted by molar-refractivity contribution is 5.91. The van der Waals surface area contributed by atoms with Crippen molar-refractivity contribution in [3.8, 4) is 11.5 Å². The lowest BCUT2D eigenvalue weighted by Crippen LogP contribution is -2.20. The van der Waals surface area contributed by atoms with Crippen LogP contribution in [-0.4, -0.2) is 29.2 Å². The van der Waals surface area contributed by atoms with Gasteiger partial charge in [0.25, 0.3) is 0 Å². The maximum Gasteiger partial charge on any atom is 0.244 e. The number of fused-ring (bicyclic) bond motifs is 1. The fraction of sp³-hybridized carbons (Fsp3) is 0.185. The van der Waals surface area contributed by atoms with Crippen LogP contribution in [0.3, 0.4) is 0 Å². The Morgan fingerprint density at radius 1 is 1.03 bits per heavy atom. The predicted molar refractivity (Wildman–Crippen MR) is 130 cm³/mol. The molecule has 1 heterocycles. The molecule has 0 aliphatic rings. The van der Waals surface area contributed by atoms with Crippen LogP contribution in [0.15, 0.2) is 79.1 Å². The van der Waals surface area contributed by atoms with Gasteiger partial charge in [-0.05, 0) is 54.0 Å². The molecule has 0 fully saturated rings. The Balaban J connectivity index is 1.36. The Kier molecular flexibility index (Phi) is 7.05. The maximum absolute atomic E-state index is 12.3. The van der Waals surface area contributed by atoms with E-state index in [1.54, 1.807) is 13.2 Å². The Morgan fingerprint density at radius 2 is 1.88 bits per heavy atom. The second kappa shape index (κ2) is 10.5. The molecule has 0 spiro atoms. The van der Waals surface area contributed by atoms with E-state index in [1.165, 1.54) is 6.08 Å². The van der Waals surface area contributed by atoms with Crippen LogP contribution in [0, 0.1) is 0 Å². The molecule has 1 aromatic heterocycles. The van der Waals surface area contributed by atoms with Crippen molar-refractivity contribution in [2.75, 3.05) is 13.7 Å². The molecule has 4 rings (SSSR count). The SMILES string of the molecule is CCOc1cc(/C=C/C(=O)NCc2cccc(Cn3cnc4ccccc43)c2)ccc1OC. The van der Waals surface area contributed by atoms with Crippen LogP contribution in [0.1, 0.15) is 23.6 Å². The van der Waals surface area contributed by atoms with E-state index in [1.807, 2.05) is 61.8 Å². The number of rotatable bonds is 9. The molecule has 0 atom stereocenters. The zero-order valence-electron chi connectivity index (χ0n) is 18.8. The van der Waals surface area contributed by atoms with E-state index in [4.69, 9.17) is 9.47 Å². The number of nitrogens with zero attached hydrogens (tertiary/aromatic N) is 2. The van der Waals surface area contributed by atoms with Gasteiger partial charge >= 0.3 is 0 Å². The minimum Gasteiger partial charge on any atom is -0.493 e. The number of methoxy groups -OCH3 is 1. The van der Waals surface area contributed by atoms with E-state index < -0.39 is 0 Å². The Hall–Kier alpha value is -4.06. The molecule has 1 amide bonds. The minimum atomic E-state index is -0.158. The number of amides is 1. The van der Waals surface area contributed by atoms with Crippen molar-refractivity contribution in [2.45, 2.75) is 20.0 Å². The molecule has 0 unspecified atom stereocenters. The summed E-state index contributed by atoms with van der Waals surface area (Å²) in [5.41, 5.74) is 5.15. The highest BCUT2D eigenvalue weighted by atomic mass is 16.5. The first-order valence-electron chi connectivity index (χ1n) is 10.9. The molecule has 3 aromatic carbocycles. The van der Waals surface area contributed by atoms with Gasteiger partial charge in [-0.15, -0.1) is 0 Å². The van der Waals surface area contributed by atoms with E-state index in [-0.39, 0.29) is 5.91 Å². The molecule has 0 aliphatic heterocycles. The topological polar surface area (TPSA) is 65.4 Å². The van der Waals surface area contributed by atoms with Crippen LogP contribution in [0.25, 0.3) is 17.1 Å². The third-order valence-electron chi connectivity index (χ3n) is 5.25. The summed E-state index contributed by atoms with van der Waals surface area (Å²) in [6, 6.07) is 21.9. The first-order valence-corrected chi connectivity index (χ1v) is 10.9. The summed E-state index contributed by atoms with van der Waals surface area (Å²) < 4.78 is 13.0. The van der Waals surface area contributed by atoms with Gasteiger partial charge in [-0.25, -0.2) is 4.98 Å². The van der Waals surface area contributed by atoms with Crippen LogP contribution in [0.5, 0.6) is 11.5 Å². The van der Waals surface area contributed by atoms with Gasteiger partial charge in [-0.3, -0.25) is 4.79 Å². The number of carbonyl (C=O) groups excluding carboxylic acids is 1. The molecule has 0 bridgehead atoms. The summed E-state index contributed by atoms with van der Waals surface area (Å²) in [5, 5.41) is 2.95. The molecule has 6 nitrogen and oxygen atoms in total. The van der Waals surface area contributed by atoms with Crippen LogP contribution in [0.2, 0.25) is 0 Å². The van der Waals surface area contributed by atoms with Gasteiger partial charge in [0.05, 0.1) is 31.1 Å². The summed E-state index contributed by atoms with van der Waals surface area (Å²) in [6.07, 6.45) is 5.15. The van der Waals surface area contributed by atoms with E-state index in [9.17, 15) is 4.79 Å². The largest absolute Gasteiger partial charge is 0.493 e. The number of aromatic nitrogens is 2. The number of hydrogen-bond donors (Lipinski definition) is 1. The number of imidazole rings is 1. The predicted octanol–water partition coefficient (Wildman–Crippen LogP) is 4.82. The van der Waals surface area contributed by atoms with Gasteiger partial charge in [-0.2, -0.15) is 0 Å². The zero-order valence-corrected chi connectivity index (χ0v) is 18.8. The summed E-state index contributed by atoms with van der Waals surface area (Å²) in [7, 11) is 1.60. The molecule has 6 heteroatoms. The van der Waals surface area contributed by atoms with Gasteiger partial charge in [-0.1, -0.05) is 42.5 Å². The monoisotopic (exact) mass is 441 g/mol. The highest BCUT2D eigenvalue weighted by Gasteiger charge is 2.06. The highest BCUT2D eigenvalue weighted by Crippen LogP contribution is 2.28. The second-order valence-corrected chi connectivity index (χ2v) is 7.58. The van der Waals surface area contributed by atoms with Crippen molar-refractivity contribution < 1.29 is 14.3 Å². The van der Waals surface area contributed by atoms with Crippen molar-refractivity contribution in [3.63, 3.8) is 0 Å². The van der Waals surface area contributed by atoms with Crippen molar-refractivity contribution in [1.29, 1.82) is 0 Å². The van der Waals surface area contributed by atoms with E-state index in [0.717, 1.165) is 34.3 Å². The molecular formula is C27H27N3O3. The molecule has 1 N–H and O–H groups in total. The lowest BCUT2D eigenvalue weighted by molar-refractivity contribution is -0.116. The minimum absolute atomic E-state index is 0.158. The molecule has 33 heavy (non-hydrogen) atoms. The third-order valence-corrected chi connectivity index (χ3v) is 5.25. The molecule has 168 valence electrons. The molecular weight excluding hydrogens is 414 g/mol. The van der Waals surface area contributed by atoms with Gasteiger partial charge in [0.1, 0.15) is 0 Å². The first kappa shape index (κ1) is 22.1. The average molecular weight is 442 g/mol. The van der Waals surface area contributed by atoms with Crippen molar-refractivity contribution in [3.05, 3.63) is 95.8 Å². The number of para-hydroxylation sites is 2. The van der Waals surface area contributed by atoms with Crippen LogP contribution < -0.4 is 14.8 Å². The van der Waals surface area contributed by atoms with Crippen molar-refractivity contribution >= 4 is 23.0 Å². The smallest absolute Gasteiger partial charge is 0.244 e. The average Bonchev–Trinajstić information content (AvgIpc) is 3.25. The normalized spacial score (nSPS) is 11.1. The number of carbonyl (C=O) groups is 1. The Bertz CT molecular complexity index is 1280. The molecule has 0 aliphatic carbocycles. The maximum atomic E-state index is 12.3. The number of nitrogens with one attached hydrogen (secondary N) is 1. The number of hydrogen-bond acceptors (Lipinski definition) is 4. The summed E-state index contributed by atoms with van der Waals surface area (Å²) >= 11 is 0. The second-order valence-electron chi connectivity index (χ2n) is 7.58. The Labute approximate surface area is 193 Å². The molecule has 4 aromatic rings.